The Hall–Kier alpha value is -7.76. The Balaban J connectivity index is 1.23. The number of hydrogen-bond donors (Lipinski definition) is 0. The molecule has 3 aromatic heterocycles. The van der Waals surface area contributed by atoms with Gasteiger partial charge < -0.3 is 9.13 Å². The van der Waals surface area contributed by atoms with E-state index in [9.17, 15) is 0 Å². The monoisotopic (exact) mass is 744 g/mol. The van der Waals surface area contributed by atoms with E-state index in [1.807, 2.05) is 6.20 Å². The molecule has 2 aliphatic heterocycles. The summed E-state index contributed by atoms with van der Waals surface area (Å²) in [5, 5.41) is 15.5. The largest absolute Gasteiger partial charge is 0.310 e. The Bertz CT molecular complexity index is 3870. The minimum atomic E-state index is -0.00766. The van der Waals surface area contributed by atoms with Crippen LogP contribution in [0.2, 0.25) is 0 Å². The summed E-state index contributed by atoms with van der Waals surface area (Å²) in [5.74, 6) is 0. The van der Waals surface area contributed by atoms with E-state index in [0.29, 0.717) is 0 Å². The standard InChI is InChI=1S/C54H29BN4/c1-5-14-35-30(10-1)20-22-43-47(35)49-37-16-7-3-12-32(37)26-40-53(49)58(43)45-28-34(39-18-9-19-42-52(39)57-25-24-56-42)29-46-51(45)55(40)41-27-33-13-4-8-17-38(33)50-48-36-15-6-2-11-31(36)21-23-44(48)59(46)54(41)50/h1-29H. The van der Waals surface area contributed by atoms with Crippen LogP contribution in [0.4, 0.5) is 0 Å². The molecule has 0 N–H and O–H groups in total. The lowest BCUT2D eigenvalue weighted by molar-refractivity contribution is 1.15. The Labute approximate surface area is 337 Å². The minimum Gasteiger partial charge on any atom is -0.310 e. The molecule has 268 valence electrons. The summed E-state index contributed by atoms with van der Waals surface area (Å²) >= 11 is 0. The molecule has 59 heavy (non-hydrogen) atoms. The van der Waals surface area contributed by atoms with Crippen molar-refractivity contribution in [3.05, 3.63) is 176 Å². The maximum Gasteiger partial charge on any atom is 0.252 e. The average Bonchev–Trinajstić information content (AvgIpc) is 3.84. The van der Waals surface area contributed by atoms with Crippen LogP contribution in [0.15, 0.2) is 176 Å². The van der Waals surface area contributed by atoms with E-state index >= 15 is 0 Å². The summed E-state index contributed by atoms with van der Waals surface area (Å²) in [6.45, 7) is -0.00766. The quantitative estimate of drug-likeness (QED) is 0.157. The second-order valence-electron chi connectivity index (χ2n) is 16.4. The Morgan fingerprint density at radius 3 is 1.46 bits per heavy atom. The molecule has 0 fully saturated rings. The normalized spacial score (nSPS) is 13.1. The van der Waals surface area contributed by atoms with Crippen LogP contribution in [-0.2, 0) is 0 Å². The van der Waals surface area contributed by atoms with Crippen molar-refractivity contribution in [1.29, 1.82) is 0 Å². The third-order valence-corrected chi connectivity index (χ3v) is 13.7. The first-order valence-corrected chi connectivity index (χ1v) is 20.4. The van der Waals surface area contributed by atoms with Crippen molar-refractivity contribution in [2.24, 2.45) is 0 Å². The van der Waals surface area contributed by atoms with Gasteiger partial charge >= 0.3 is 0 Å². The van der Waals surface area contributed by atoms with Crippen molar-refractivity contribution in [2.45, 2.75) is 0 Å². The Morgan fingerprint density at radius 2 is 0.898 bits per heavy atom. The SMILES string of the molecule is c1ccc2c(c1)ccc1c2c2c3ccccc3cc3c2n1-c1cc(-c2cccc4nccnc24)cc2c1B3c1cc3ccccc3c3c4c5ccccc5ccc4n-2c13. The summed E-state index contributed by atoms with van der Waals surface area (Å²) in [5.41, 5.74) is 15.5. The predicted octanol–water partition coefficient (Wildman–Crippen LogP) is 11.2. The van der Waals surface area contributed by atoms with Gasteiger partial charge in [0.1, 0.15) is 0 Å². The van der Waals surface area contributed by atoms with Crippen molar-refractivity contribution in [3.63, 3.8) is 0 Å². The van der Waals surface area contributed by atoms with Crippen molar-refractivity contribution in [3.8, 4) is 22.5 Å². The number of hydrogen-bond acceptors (Lipinski definition) is 2. The average molecular weight is 745 g/mol. The fourth-order valence-corrected chi connectivity index (χ4v) is 11.5. The summed E-state index contributed by atoms with van der Waals surface area (Å²) < 4.78 is 5.22. The molecule has 0 saturated carbocycles. The van der Waals surface area contributed by atoms with Crippen molar-refractivity contribution in [1.82, 2.24) is 19.1 Å². The van der Waals surface area contributed by atoms with Crippen LogP contribution in [0, 0.1) is 0 Å². The molecule has 2 aliphatic rings. The van der Waals surface area contributed by atoms with E-state index in [1.54, 1.807) is 6.20 Å². The van der Waals surface area contributed by atoms with Crippen LogP contribution in [0.5, 0.6) is 0 Å². The van der Waals surface area contributed by atoms with Crippen LogP contribution in [-0.4, -0.2) is 25.8 Å². The zero-order chi connectivity index (χ0) is 38.1. The van der Waals surface area contributed by atoms with E-state index < -0.39 is 0 Å². The first kappa shape index (κ1) is 30.4. The molecule has 15 rings (SSSR count). The van der Waals surface area contributed by atoms with E-state index in [1.165, 1.54) is 114 Å². The van der Waals surface area contributed by atoms with Gasteiger partial charge in [0.05, 0.1) is 33.1 Å². The molecule has 13 aromatic rings. The lowest BCUT2D eigenvalue weighted by Crippen LogP contribution is -2.59. The van der Waals surface area contributed by atoms with E-state index in [0.717, 1.165) is 22.2 Å². The van der Waals surface area contributed by atoms with Gasteiger partial charge in [0.15, 0.2) is 0 Å². The molecule has 0 saturated heterocycles. The van der Waals surface area contributed by atoms with Gasteiger partial charge in [-0.3, -0.25) is 9.97 Å². The molecule has 4 nitrogen and oxygen atoms in total. The molecule has 0 bridgehead atoms. The highest BCUT2D eigenvalue weighted by Gasteiger charge is 2.42. The van der Waals surface area contributed by atoms with Gasteiger partial charge in [-0.15, -0.1) is 0 Å². The van der Waals surface area contributed by atoms with E-state index in [4.69, 9.17) is 9.97 Å². The van der Waals surface area contributed by atoms with Gasteiger partial charge in [0.2, 0.25) is 0 Å². The van der Waals surface area contributed by atoms with Crippen molar-refractivity contribution < 1.29 is 0 Å². The van der Waals surface area contributed by atoms with Gasteiger partial charge in [0, 0.05) is 50.9 Å². The molecular formula is C54H29BN4. The number of nitrogens with zero attached hydrogens (tertiary/aromatic N) is 4. The lowest BCUT2D eigenvalue weighted by atomic mass is 9.34. The topological polar surface area (TPSA) is 35.6 Å². The van der Waals surface area contributed by atoms with Crippen LogP contribution in [0.3, 0.4) is 0 Å². The van der Waals surface area contributed by atoms with Crippen LogP contribution in [0.1, 0.15) is 0 Å². The second-order valence-corrected chi connectivity index (χ2v) is 16.4. The van der Waals surface area contributed by atoms with E-state index in [2.05, 4.69) is 173 Å². The summed E-state index contributed by atoms with van der Waals surface area (Å²) in [6, 6.07) is 61.5. The van der Waals surface area contributed by atoms with Gasteiger partial charge in [0.25, 0.3) is 6.71 Å². The number of benzene rings is 10. The molecule has 0 spiro atoms. The zero-order valence-corrected chi connectivity index (χ0v) is 31.6. The molecular weight excluding hydrogens is 715 g/mol. The molecule has 0 aliphatic carbocycles. The molecule has 0 unspecified atom stereocenters. The lowest BCUT2D eigenvalue weighted by Gasteiger charge is -2.34. The highest BCUT2D eigenvalue weighted by molar-refractivity contribution is 7.00. The number of fused-ring (bicyclic) bond motifs is 19. The molecule has 5 heteroatoms. The maximum absolute atomic E-state index is 4.94. The Morgan fingerprint density at radius 1 is 0.407 bits per heavy atom. The zero-order valence-electron chi connectivity index (χ0n) is 31.6. The minimum absolute atomic E-state index is 0.00766. The highest BCUT2D eigenvalue weighted by Crippen LogP contribution is 2.46. The van der Waals surface area contributed by atoms with E-state index in [-0.39, 0.29) is 6.71 Å². The third kappa shape index (κ3) is 3.64. The first-order chi connectivity index (χ1) is 29.3. The molecule has 10 aromatic carbocycles. The molecule has 0 amide bonds. The second kappa shape index (κ2) is 10.6. The van der Waals surface area contributed by atoms with Gasteiger partial charge in [-0.1, -0.05) is 133 Å². The Kier molecular flexibility index (Phi) is 5.46. The van der Waals surface area contributed by atoms with Crippen molar-refractivity contribution in [2.75, 3.05) is 0 Å². The fraction of sp³-hybridized carbons (Fsp3) is 0. The molecule has 5 heterocycles. The summed E-state index contributed by atoms with van der Waals surface area (Å²) in [4.78, 5) is 9.69. The predicted molar refractivity (Wildman–Crippen MR) is 248 cm³/mol. The summed E-state index contributed by atoms with van der Waals surface area (Å²) in [7, 11) is 0. The highest BCUT2D eigenvalue weighted by atomic mass is 15.0. The van der Waals surface area contributed by atoms with Gasteiger partial charge in [-0.05, 0) is 95.4 Å². The number of para-hydroxylation sites is 1. The molecule has 0 radical (unpaired) electrons. The fourth-order valence-electron chi connectivity index (χ4n) is 11.5. The van der Waals surface area contributed by atoms with Crippen LogP contribution in [0.25, 0.3) is 120 Å². The third-order valence-electron chi connectivity index (χ3n) is 13.7. The summed E-state index contributed by atoms with van der Waals surface area (Å²) in [6.07, 6.45) is 3.60. The number of rotatable bonds is 1. The van der Waals surface area contributed by atoms with Crippen LogP contribution < -0.4 is 16.4 Å². The number of aromatic nitrogens is 4. The first-order valence-electron chi connectivity index (χ1n) is 20.4. The van der Waals surface area contributed by atoms with Gasteiger partial charge in [-0.25, -0.2) is 0 Å². The smallest absolute Gasteiger partial charge is 0.252 e. The maximum atomic E-state index is 4.94. The van der Waals surface area contributed by atoms with Crippen molar-refractivity contribution >= 4 is 121 Å². The molecule has 0 atom stereocenters. The van der Waals surface area contributed by atoms with Gasteiger partial charge in [-0.2, -0.15) is 0 Å². The van der Waals surface area contributed by atoms with Crippen LogP contribution >= 0.6 is 0 Å².